The molecule has 0 aromatic carbocycles. The van der Waals surface area contributed by atoms with Crippen LogP contribution in [0.5, 0.6) is 0 Å². The van der Waals surface area contributed by atoms with E-state index in [0.29, 0.717) is 11.5 Å². The minimum absolute atomic E-state index is 0.0888. The fraction of sp³-hybridized carbons (Fsp3) is 0.571. The van der Waals surface area contributed by atoms with Gasteiger partial charge in [0, 0.05) is 31.0 Å². The van der Waals surface area contributed by atoms with Crippen molar-refractivity contribution in [2.24, 2.45) is 11.7 Å². The third kappa shape index (κ3) is 2.53. The number of aromatic nitrogens is 1. The number of rotatable bonds is 2. The molecule has 1 aliphatic rings. The quantitative estimate of drug-likeness (QED) is 0.863. The fourth-order valence-corrected chi connectivity index (χ4v) is 2.55. The molecule has 0 aliphatic carbocycles. The van der Waals surface area contributed by atoms with Crippen molar-refractivity contribution < 1.29 is 4.79 Å². The summed E-state index contributed by atoms with van der Waals surface area (Å²) in [6.45, 7) is 5.53. The molecule has 2 heterocycles. The van der Waals surface area contributed by atoms with Crippen molar-refractivity contribution in [2.45, 2.75) is 32.7 Å². The highest BCUT2D eigenvalue weighted by Gasteiger charge is 2.29. The molecule has 0 radical (unpaired) electrons. The molecule has 1 aromatic heterocycles. The molecule has 1 aliphatic heterocycles. The van der Waals surface area contributed by atoms with E-state index in [1.54, 1.807) is 6.20 Å². The second-order valence-electron chi connectivity index (χ2n) is 5.01. The van der Waals surface area contributed by atoms with Crippen LogP contribution in [0.2, 0.25) is 0 Å². The summed E-state index contributed by atoms with van der Waals surface area (Å²) in [5.41, 5.74) is 7.58. The predicted molar refractivity (Wildman–Crippen MR) is 71.3 cm³/mol. The van der Waals surface area contributed by atoms with Crippen LogP contribution in [-0.2, 0) is 0 Å². The maximum absolute atomic E-state index is 12.4. The van der Waals surface area contributed by atoms with Gasteiger partial charge in [-0.25, -0.2) is 0 Å². The van der Waals surface area contributed by atoms with Crippen LogP contribution < -0.4 is 5.73 Å². The highest BCUT2D eigenvalue weighted by Crippen LogP contribution is 2.20. The van der Waals surface area contributed by atoms with Crippen LogP contribution in [0.15, 0.2) is 18.3 Å². The number of carbonyl (C=O) groups is 1. The maximum atomic E-state index is 12.4. The van der Waals surface area contributed by atoms with Gasteiger partial charge < -0.3 is 10.6 Å². The molecule has 98 valence electrons. The van der Waals surface area contributed by atoms with Gasteiger partial charge in [-0.05, 0) is 31.4 Å². The molecule has 0 saturated carbocycles. The fourth-order valence-electron chi connectivity index (χ4n) is 2.55. The molecule has 2 N–H and O–H groups in total. The average molecular weight is 247 g/mol. The minimum Gasteiger partial charge on any atom is -0.338 e. The molecule has 1 amide bonds. The highest BCUT2D eigenvalue weighted by atomic mass is 16.2. The van der Waals surface area contributed by atoms with Crippen molar-refractivity contribution in [3.05, 3.63) is 29.6 Å². The van der Waals surface area contributed by atoms with Crippen LogP contribution in [0.1, 0.15) is 35.8 Å². The van der Waals surface area contributed by atoms with Gasteiger partial charge in [-0.1, -0.05) is 13.3 Å². The molecule has 1 aromatic rings. The van der Waals surface area contributed by atoms with E-state index in [9.17, 15) is 4.79 Å². The normalized spacial score (nSPS) is 24.1. The van der Waals surface area contributed by atoms with E-state index in [2.05, 4.69) is 11.9 Å². The van der Waals surface area contributed by atoms with E-state index < -0.39 is 0 Å². The Morgan fingerprint density at radius 3 is 3.06 bits per heavy atom. The number of piperidine rings is 1. The molecule has 1 saturated heterocycles. The summed E-state index contributed by atoms with van der Waals surface area (Å²) in [5.74, 6) is 0.505. The molecule has 0 bridgehead atoms. The first-order valence-electron chi connectivity index (χ1n) is 6.60. The van der Waals surface area contributed by atoms with Crippen molar-refractivity contribution in [2.75, 3.05) is 13.1 Å². The van der Waals surface area contributed by atoms with E-state index in [1.807, 2.05) is 24.0 Å². The van der Waals surface area contributed by atoms with Crippen molar-refractivity contribution >= 4 is 5.91 Å². The Kier molecular flexibility index (Phi) is 3.97. The lowest BCUT2D eigenvalue weighted by atomic mass is 9.90. The molecular weight excluding hydrogens is 226 g/mol. The second-order valence-corrected chi connectivity index (χ2v) is 5.01. The molecule has 1 fully saturated rings. The number of nitrogens with two attached hydrogens (primary N) is 1. The van der Waals surface area contributed by atoms with Gasteiger partial charge in [0.05, 0.1) is 5.56 Å². The lowest BCUT2D eigenvalue weighted by Gasteiger charge is -2.36. The number of hydrogen-bond donors (Lipinski definition) is 1. The van der Waals surface area contributed by atoms with Gasteiger partial charge in [0.2, 0.25) is 0 Å². The number of aryl methyl sites for hydroxylation is 1. The summed E-state index contributed by atoms with van der Waals surface area (Å²) in [6.07, 6.45) is 3.63. The van der Waals surface area contributed by atoms with Crippen LogP contribution >= 0.6 is 0 Å². The number of pyridine rings is 1. The van der Waals surface area contributed by atoms with Gasteiger partial charge in [-0.3, -0.25) is 9.78 Å². The number of hydrogen-bond acceptors (Lipinski definition) is 3. The molecule has 4 nitrogen and oxygen atoms in total. The first-order valence-corrected chi connectivity index (χ1v) is 6.60. The summed E-state index contributed by atoms with van der Waals surface area (Å²) in [5, 5.41) is 0. The summed E-state index contributed by atoms with van der Waals surface area (Å²) in [7, 11) is 0. The first kappa shape index (κ1) is 13.0. The number of nitrogens with zero attached hydrogens (tertiary/aromatic N) is 2. The van der Waals surface area contributed by atoms with Crippen molar-refractivity contribution in [3.8, 4) is 0 Å². The third-order valence-corrected chi connectivity index (χ3v) is 3.84. The van der Waals surface area contributed by atoms with E-state index in [-0.39, 0.29) is 11.9 Å². The number of likely N-dealkylation sites (tertiary alicyclic amines) is 1. The Labute approximate surface area is 108 Å². The first-order chi connectivity index (χ1) is 8.63. The zero-order valence-corrected chi connectivity index (χ0v) is 11.1. The van der Waals surface area contributed by atoms with E-state index in [4.69, 9.17) is 5.73 Å². The molecule has 2 rings (SSSR count). The summed E-state index contributed by atoms with van der Waals surface area (Å²) in [4.78, 5) is 18.5. The molecule has 4 heteroatoms. The van der Waals surface area contributed by atoms with Crippen molar-refractivity contribution in [1.29, 1.82) is 0 Å². The Morgan fingerprint density at radius 1 is 1.61 bits per heavy atom. The number of carbonyl (C=O) groups excluding carboxylic acids is 1. The predicted octanol–water partition coefficient (Wildman–Crippen LogP) is 1.59. The maximum Gasteiger partial charge on any atom is 0.255 e. The van der Waals surface area contributed by atoms with Gasteiger partial charge in [0.1, 0.15) is 0 Å². The zero-order chi connectivity index (χ0) is 13.1. The molecule has 18 heavy (non-hydrogen) atoms. The van der Waals surface area contributed by atoms with Gasteiger partial charge in [0.25, 0.3) is 5.91 Å². The highest BCUT2D eigenvalue weighted by molar-refractivity contribution is 5.95. The summed E-state index contributed by atoms with van der Waals surface area (Å²) < 4.78 is 0. The lowest BCUT2D eigenvalue weighted by Crippen LogP contribution is -2.49. The summed E-state index contributed by atoms with van der Waals surface area (Å²) >= 11 is 0. The van der Waals surface area contributed by atoms with Gasteiger partial charge >= 0.3 is 0 Å². The molecular formula is C14H21N3O. The minimum atomic E-state index is 0.0888. The molecule has 0 spiro atoms. The zero-order valence-electron chi connectivity index (χ0n) is 11.1. The van der Waals surface area contributed by atoms with Gasteiger partial charge in [-0.15, -0.1) is 0 Å². The SMILES string of the molecule is CCC1CN(C(=O)c2cccnc2C)CCC1N. The largest absolute Gasteiger partial charge is 0.338 e. The van der Waals surface area contributed by atoms with Crippen LogP contribution in [0.4, 0.5) is 0 Å². The lowest BCUT2D eigenvalue weighted by molar-refractivity contribution is 0.0648. The van der Waals surface area contributed by atoms with Crippen LogP contribution in [0.3, 0.4) is 0 Å². The number of amides is 1. The second kappa shape index (κ2) is 5.48. The van der Waals surface area contributed by atoms with Crippen LogP contribution in [-0.4, -0.2) is 34.9 Å². The van der Waals surface area contributed by atoms with Gasteiger partial charge in [-0.2, -0.15) is 0 Å². The van der Waals surface area contributed by atoms with Crippen molar-refractivity contribution in [3.63, 3.8) is 0 Å². The van der Waals surface area contributed by atoms with E-state index in [1.165, 1.54) is 0 Å². The van der Waals surface area contributed by atoms with Gasteiger partial charge in [0.15, 0.2) is 0 Å². The molecule has 2 unspecified atom stereocenters. The average Bonchev–Trinajstić information content (AvgIpc) is 2.39. The Morgan fingerprint density at radius 2 is 2.39 bits per heavy atom. The van der Waals surface area contributed by atoms with Crippen LogP contribution in [0.25, 0.3) is 0 Å². The summed E-state index contributed by atoms with van der Waals surface area (Å²) in [6, 6.07) is 3.89. The van der Waals surface area contributed by atoms with E-state index in [0.717, 1.165) is 31.6 Å². The van der Waals surface area contributed by atoms with Crippen LogP contribution in [0, 0.1) is 12.8 Å². The Hall–Kier alpha value is -1.42. The standard InChI is InChI=1S/C14H21N3O/c1-3-11-9-17(8-6-13(11)15)14(18)12-5-4-7-16-10(12)2/h4-5,7,11,13H,3,6,8-9,15H2,1-2H3. The molecule has 2 atom stereocenters. The smallest absolute Gasteiger partial charge is 0.255 e. The monoisotopic (exact) mass is 247 g/mol. The topological polar surface area (TPSA) is 59.2 Å². The Bertz CT molecular complexity index is 433. The van der Waals surface area contributed by atoms with E-state index >= 15 is 0 Å². The third-order valence-electron chi connectivity index (χ3n) is 3.84. The van der Waals surface area contributed by atoms with Crippen molar-refractivity contribution in [1.82, 2.24) is 9.88 Å². The Balaban J connectivity index is 2.13.